The molecule has 0 amide bonds. The summed E-state index contributed by atoms with van der Waals surface area (Å²) in [6.07, 6.45) is 0. The number of thioether (sulfide) groups is 1. The largest absolute Gasteiger partial charge is 0.461 e. The van der Waals surface area contributed by atoms with Gasteiger partial charge in [0.15, 0.2) is 0 Å². The van der Waals surface area contributed by atoms with E-state index < -0.39 is 11.2 Å². The lowest BCUT2D eigenvalue weighted by Crippen LogP contribution is -2.28. The summed E-state index contributed by atoms with van der Waals surface area (Å²) in [6, 6.07) is 0. The summed E-state index contributed by atoms with van der Waals surface area (Å²) in [6.45, 7) is 4.66. The molecule has 0 bridgehead atoms. The van der Waals surface area contributed by atoms with Crippen molar-refractivity contribution in [2.75, 3.05) is 6.61 Å². The highest BCUT2D eigenvalue weighted by atomic mass is 32.2. The molecule has 5 heteroatoms. The van der Waals surface area contributed by atoms with Crippen molar-refractivity contribution in [3.8, 4) is 0 Å². The van der Waals surface area contributed by atoms with E-state index in [2.05, 4.69) is 4.74 Å². The van der Waals surface area contributed by atoms with Gasteiger partial charge in [0, 0.05) is 5.25 Å². The molecule has 72 valence electrons. The van der Waals surface area contributed by atoms with Crippen LogP contribution in [0.2, 0.25) is 0 Å². The van der Waals surface area contributed by atoms with Gasteiger partial charge in [0.1, 0.15) is 0 Å². The van der Waals surface area contributed by atoms with Crippen molar-refractivity contribution >= 4 is 17.7 Å². The standard InChI is InChI=1S/C7H12F2O2S/c1-4-11-6(10)7(8,9)12-5(2)3/h5H,4H2,1-3H3. The molecule has 12 heavy (non-hydrogen) atoms. The highest BCUT2D eigenvalue weighted by molar-refractivity contribution is 8.01. The zero-order valence-electron chi connectivity index (χ0n) is 7.27. The SMILES string of the molecule is CCOC(=O)C(F)(F)SC(C)C. The Morgan fingerprint density at radius 3 is 2.42 bits per heavy atom. The van der Waals surface area contributed by atoms with E-state index in [4.69, 9.17) is 0 Å². The summed E-state index contributed by atoms with van der Waals surface area (Å²) in [5.74, 6) is -1.45. The van der Waals surface area contributed by atoms with Crippen molar-refractivity contribution in [1.82, 2.24) is 0 Å². The second-order valence-electron chi connectivity index (χ2n) is 2.40. The predicted octanol–water partition coefficient (Wildman–Crippen LogP) is 2.28. The molecule has 0 saturated carbocycles. The Morgan fingerprint density at radius 2 is 2.08 bits per heavy atom. The number of hydrogen-bond donors (Lipinski definition) is 0. The Kier molecular flexibility index (Phi) is 4.52. The van der Waals surface area contributed by atoms with Crippen LogP contribution in [0.3, 0.4) is 0 Å². The fourth-order valence-electron chi connectivity index (χ4n) is 0.559. The molecule has 0 heterocycles. The third-order valence-corrected chi connectivity index (χ3v) is 1.83. The van der Waals surface area contributed by atoms with Crippen molar-refractivity contribution in [2.45, 2.75) is 31.3 Å². The zero-order valence-corrected chi connectivity index (χ0v) is 8.08. The van der Waals surface area contributed by atoms with Gasteiger partial charge in [-0.1, -0.05) is 25.6 Å². The van der Waals surface area contributed by atoms with Crippen molar-refractivity contribution in [3.05, 3.63) is 0 Å². The highest BCUT2D eigenvalue weighted by Gasteiger charge is 2.41. The van der Waals surface area contributed by atoms with Crippen LogP contribution < -0.4 is 0 Å². The molecule has 0 aliphatic rings. The van der Waals surface area contributed by atoms with Crippen molar-refractivity contribution in [2.24, 2.45) is 0 Å². The summed E-state index contributed by atoms with van der Waals surface area (Å²) < 4.78 is 29.7. The Bertz CT molecular complexity index is 159. The summed E-state index contributed by atoms with van der Waals surface area (Å²) in [4.78, 5) is 10.6. The molecule has 0 radical (unpaired) electrons. The molecule has 0 aliphatic carbocycles. The van der Waals surface area contributed by atoms with E-state index >= 15 is 0 Å². The summed E-state index contributed by atoms with van der Waals surface area (Å²) in [5.41, 5.74) is 0. The molecule has 0 aromatic carbocycles. The molecule has 0 N–H and O–H groups in total. The second kappa shape index (κ2) is 4.64. The number of carbonyl (C=O) groups excluding carboxylic acids is 1. The maximum absolute atomic E-state index is 12.7. The highest BCUT2D eigenvalue weighted by Crippen LogP contribution is 2.33. The molecule has 0 rings (SSSR count). The predicted molar refractivity (Wildman–Crippen MR) is 44.3 cm³/mol. The topological polar surface area (TPSA) is 26.3 Å². The van der Waals surface area contributed by atoms with Gasteiger partial charge in [-0.15, -0.1) is 0 Å². The van der Waals surface area contributed by atoms with Gasteiger partial charge in [0.05, 0.1) is 6.61 Å². The van der Waals surface area contributed by atoms with Crippen molar-refractivity contribution < 1.29 is 18.3 Å². The molecule has 0 atom stereocenters. The third-order valence-electron chi connectivity index (χ3n) is 0.897. The zero-order chi connectivity index (χ0) is 9.78. The number of alkyl halides is 2. The van der Waals surface area contributed by atoms with Crippen LogP contribution in [0.1, 0.15) is 20.8 Å². The van der Waals surface area contributed by atoms with Gasteiger partial charge in [-0.2, -0.15) is 8.78 Å². The minimum Gasteiger partial charge on any atom is -0.461 e. The van der Waals surface area contributed by atoms with Crippen molar-refractivity contribution in [3.63, 3.8) is 0 Å². The van der Waals surface area contributed by atoms with Gasteiger partial charge in [-0.25, -0.2) is 4.79 Å². The van der Waals surface area contributed by atoms with Gasteiger partial charge in [-0.3, -0.25) is 0 Å². The normalized spacial score (nSPS) is 11.8. The Hall–Kier alpha value is -0.320. The number of ether oxygens (including phenoxy) is 1. The quantitative estimate of drug-likeness (QED) is 0.648. The van der Waals surface area contributed by atoms with Gasteiger partial charge in [-0.05, 0) is 6.92 Å². The lowest BCUT2D eigenvalue weighted by atomic mass is 10.6. The molecule has 0 aliphatic heterocycles. The first-order valence-corrected chi connectivity index (χ1v) is 4.51. The molecule has 0 saturated heterocycles. The minimum absolute atomic E-state index is 0.0208. The Balaban J connectivity index is 4.09. The van der Waals surface area contributed by atoms with E-state index in [1.807, 2.05) is 0 Å². The van der Waals surface area contributed by atoms with Crippen LogP contribution in [0.25, 0.3) is 0 Å². The molecule has 0 spiro atoms. The molecular weight excluding hydrogens is 186 g/mol. The van der Waals surface area contributed by atoms with Gasteiger partial charge in [0.25, 0.3) is 0 Å². The van der Waals surface area contributed by atoms with Crippen molar-refractivity contribution in [1.29, 1.82) is 0 Å². The number of halogens is 2. The van der Waals surface area contributed by atoms with E-state index in [1.165, 1.54) is 6.92 Å². The summed E-state index contributed by atoms with van der Waals surface area (Å²) >= 11 is 0.297. The lowest BCUT2D eigenvalue weighted by molar-refractivity contribution is -0.159. The van der Waals surface area contributed by atoms with Crippen LogP contribution in [-0.4, -0.2) is 23.1 Å². The van der Waals surface area contributed by atoms with E-state index in [0.29, 0.717) is 11.8 Å². The molecule has 2 nitrogen and oxygen atoms in total. The average molecular weight is 198 g/mol. The van der Waals surface area contributed by atoms with Crippen LogP contribution in [0.5, 0.6) is 0 Å². The van der Waals surface area contributed by atoms with Gasteiger partial charge >= 0.3 is 11.2 Å². The first-order valence-electron chi connectivity index (χ1n) is 3.63. The average Bonchev–Trinajstić information content (AvgIpc) is 1.85. The molecule has 0 unspecified atom stereocenters. The van der Waals surface area contributed by atoms with E-state index in [1.54, 1.807) is 13.8 Å². The first-order chi connectivity index (χ1) is 5.40. The van der Waals surface area contributed by atoms with Gasteiger partial charge in [0.2, 0.25) is 0 Å². The van der Waals surface area contributed by atoms with E-state index in [-0.39, 0.29) is 11.9 Å². The third kappa shape index (κ3) is 3.90. The first kappa shape index (κ1) is 11.7. The number of esters is 1. The lowest BCUT2D eigenvalue weighted by Gasteiger charge is -2.15. The smallest absolute Gasteiger partial charge is 0.389 e. The monoisotopic (exact) mass is 198 g/mol. The van der Waals surface area contributed by atoms with Crippen LogP contribution in [0.4, 0.5) is 8.78 Å². The van der Waals surface area contributed by atoms with Crippen LogP contribution in [-0.2, 0) is 9.53 Å². The van der Waals surface area contributed by atoms with E-state index in [0.717, 1.165) is 0 Å². The maximum atomic E-state index is 12.7. The van der Waals surface area contributed by atoms with E-state index in [9.17, 15) is 13.6 Å². The summed E-state index contributed by atoms with van der Waals surface area (Å²) in [5, 5.41) is -3.71. The van der Waals surface area contributed by atoms with Crippen LogP contribution in [0.15, 0.2) is 0 Å². The Morgan fingerprint density at radius 1 is 1.58 bits per heavy atom. The molecule has 0 aromatic heterocycles. The maximum Gasteiger partial charge on any atom is 0.389 e. The van der Waals surface area contributed by atoms with Crippen LogP contribution in [0, 0.1) is 0 Å². The fraction of sp³-hybridized carbons (Fsp3) is 0.857. The minimum atomic E-state index is -3.41. The molecule has 0 fully saturated rings. The van der Waals surface area contributed by atoms with Gasteiger partial charge < -0.3 is 4.74 Å². The summed E-state index contributed by atoms with van der Waals surface area (Å²) in [7, 11) is 0. The second-order valence-corrected chi connectivity index (χ2v) is 4.10. The number of rotatable bonds is 4. The fourth-order valence-corrected chi connectivity index (χ4v) is 1.31. The Labute approximate surface area is 74.7 Å². The van der Waals surface area contributed by atoms with Crippen LogP contribution >= 0.6 is 11.8 Å². The number of hydrogen-bond acceptors (Lipinski definition) is 3. The number of carbonyl (C=O) groups is 1. The molecular formula is C7H12F2O2S. The molecule has 0 aromatic rings.